The molecule has 3 nitrogen and oxygen atoms in total. The molecule has 1 aliphatic rings. The number of hydrogen-bond donors (Lipinski definition) is 1. The van der Waals surface area contributed by atoms with Gasteiger partial charge in [-0.15, -0.1) is 0 Å². The molecule has 3 heteroatoms. The summed E-state index contributed by atoms with van der Waals surface area (Å²) in [4.78, 5) is 12.7. The van der Waals surface area contributed by atoms with Crippen LogP contribution in [0.1, 0.15) is 32.6 Å². The molecule has 0 spiro atoms. The average molecular weight is 171 g/mol. The van der Waals surface area contributed by atoms with Crippen molar-refractivity contribution in [3.63, 3.8) is 0 Å². The first-order valence-electron chi connectivity index (χ1n) is 4.61. The summed E-state index contributed by atoms with van der Waals surface area (Å²) < 4.78 is 0. The fourth-order valence-electron chi connectivity index (χ4n) is 1.60. The van der Waals surface area contributed by atoms with E-state index in [-0.39, 0.29) is 12.2 Å². The molecule has 0 aromatic rings. The van der Waals surface area contributed by atoms with Gasteiger partial charge >= 0.3 is 0 Å². The summed E-state index contributed by atoms with van der Waals surface area (Å²) in [6.45, 7) is 3.40. The largest absolute Gasteiger partial charge is 0.378 e. The van der Waals surface area contributed by atoms with Gasteiger partial charge in [-0.25, -0.2) is 0 Å². The van der Waals surface area contributed by atoms with Gasteiger partial charge in [0.25, 0.3) is 0 Å². The average Bonchev–Trinajstić information content (AvgIpc) is 2.05. The minimum absolute atomic E-state index is 0.0630. The van der Waals surface area contributed by atoms with Crippen LogP contribution >= 0.6 is 0 Å². The van der Waals surface area contributed by atoms with E-state index in [2.05, 4.69) is 0 Å². The Hall–Kier alpha value is -0.410. The van der Waals surface area contributed by atoms with E-state index < -0.39 is 6.23 Å². The van der Waals surface area contributed by atoms with E-state index in [1.807, 2.05) is 4.90 Å². The monoisotopic (exact) mass is 171 g/mol. The van der Waals surface area contributed by atoms with Gasteiger partial charge in [-0.05, 0) is 19.8 Å². The maximum atomic E-state index is 10.7. The summed E-state index contributed by atoms with van der Waals surface area (Å²) in [5, 5.41) is 9.55. The third kappa shape index (κ3) is 2.91. The number of carbonyl (C=O) groups excluding carboxylic acids is 1. The van der Waals surface area contributed by atoms with Crippen molar-refractivity contribution in [2.24, 2.45) is 0 Å². The van der Waals surface area contributed by atoms with Crippen LogP contribution < -0.4 is 0 Å². The summed E-state index contributed by atoms with van der Waals surface area (Å²) in [6.07, 6.45) is 3.29. The molecule has 1 heterocycles. The smallest absolute Gasteiger partial charge is 0.133 e. The molecule has 0 aromatic heterocycles. The maximum Gasteiger partial charge on any atom is 0.133 e. The molecule has 1 saturated heterocycles. The molecule has 1 atom stereocenters. The van der Waals surface area contributed by atoms with Crippen molar-refractivity contribution in [1.29, 1.82) is 0 Å². The van der Waals surface area contributed by atoms with Crippen molar-refractivity contribution in [2.75, 3.05) is 13.1 Å². The SMILES string of the molecule is CC(=O)CC(O)N1CCCCC1. The van der Waals surface area contributed by atoms with E-state index in [0.717, 1.165) is 25.9 Å². The van der Waals surface area contributed by atoms with E-state index in [0.29, 0.717) is 0 Å². The number of hydrogen-bond acceptors (Lipinski definition) is 3. The number of piperidine rings is 1. The molecule has 1 fully saturated rings. The zero-order chi connectivity index (χ0) is 8.97. The highest BCUT2D eigenvalue weighted by molar-refractivity contribution is 5.75. The van der Waals surface area contributed by atoms with Gasteiger partial charge in [-0.2, -0.15) is 0 Å². The highest BCUT2D eigenvalue weighted by Crippen LogP contribution is 2.12. The molecular formula is C9H17NO2. The predicted octanol–water partition coefficient (Wildman–Crippen LogP) is 0.770. The Morgan fingerprint density at radius 2 is 2.00 bits per heavy atom. The minimum atomic E-state index is -0.539. The van der Waals surface area contributed by atoms with E-state index in [9.17, 15) is 9.90 Å². The Morgan fingerprint density at radius 3 is 2.50 bits per heavy atom. The molecular weight excluding hydrogens is 154 g/mol. The fourth-order valence-corrected chi connectivity index (χ4v) is 1.60. The Bertz CT molecular complexity index is 153. The van der Waals surface area contributed by atoms with Gasteiger partial charge in [0.1, 0.15) is 12.0 Å². The first kappa shape index (κ1) is 9.68. The third-order valence-electron chi connectivity index (χ3n) is 2.28. The number of likely N-dealkylation sites (tertiary alicyclic amines) is 1. The normalized spacial score (nSPS) is 22.2. The van der Waals surface area contributed by atoms with Crippen molar-refractivity contribution >= 4 is 5.78 Å². The van der Waals surface area contributed by atoms with Gasteiger partial charge < -0.3 is 5.11 Å². The molecule has 1 rings (SSSR count). The Morgan fingerprint density at radius 1 is 1.42 bits per heavy atom. The van der Waals surface area contributed by atoms with E-state index >= 15 is 0 Å². The highest BCUT2D eigenvalue weighted by Gasteiger charge is 2.18. The minimum Gasteiger partial charge on any atom is -0.378 e. The molecule has 0 radical (unpaired) electrons. The second kappa shape index (κ2) is 4.58. The molecule has 0 aliphatic carbocycles. The van der Waals surface area contributed by atoms with Crippen LogP contribution in [-0.4, -0.2) is 35.1 Å². The van der Waals surface area contributed by atoms with Gasteiger partial charge in [0.2, 0.25) is 0 Å². The van der Waals surface area contributed by atoms with Crippen LogP contribution in [0.3, 0.4) is 0 Å². The second-order valence-corrected chi connectivity index (χ2v) is 3.48. The van der Waals surface area contributed by atoms with Crippen LogP contribution in [0.2, 0.25) is 0 Å². The van der Waals surface area contributed by atoms with E-state index in [1.165, 1.54) is 13.3 Å². The lowest BCUT2D eigenvalue weighted by atomic mass is 10.1. The van der Waals surface area contributed by atoms with E-state index in [4.69, 9.17) is 0 Å². The second-order valence-electron chi connectivity index (χ2n) is 3.48. The van der Waals surface area contributed by atoms with Gasteiger partial charge in [-0.1, -0.05) is 6.42 Å². The van der Waals surface area contributed by atoms with Gasteiger partial charge in [-0.3, -0.25) is 9.69 Å². The van der Waals surface area contributed by atoms with E-state index in [1.54, 1.807) is 0 Å². The number of ketones is 1. The highest BCUT2D eigenvalue weighted by atomic mass is 16.3. The summed E-state index contributed by atoms with van der Waals surface area (Å²) in [5.41, 5.74) is 0. The molecule has 0 amide bonds. The molecule has 1 N–H and O–H groups in total. The first-order valence-corrected chi connectivity index (χ1v) is 4.61. The lowest BCUT2D eigenvalue weighted by Gasteiger charge is -2.30. The number of aliphatic hydroxyl groups excluding tert-OH is 1. The van der Waals surface area contributed by atoms with Crippen molar-refractivity contribution < 1.29 is 9.90 Å². The van der Waals surface area contributed by atoms with Crippen LogP contribution in [0, 0.1) is 0 Å². The Balaban J connectivity index is 2.29. The number of nitrogens with zero attached hydrogens (tertiary/aromatic N) is 1. The van der Waals surface area contributed by atoms with Crippen molar-refractivity contribution in [3.05, 3.63) is 0 Å². The van der Waals surface area contributed by atoms with Crippen LogP contribution in [0.15, 0.2) is 0 Å². The standard InChI is InChI=1S/C9H17NO2/c1-8(11)7-9(12)10-5-3-2-4-6-10/h9,12H,2-7H2,1H3. The summed E-state index contributed by atoms with van der Waals surface area (Å²) in [5.74, 6) is 0.0630. The van der Waals surface area contributed by atoms with Crippen LogP contribution in [0.5, 0.6) is 0 Å². The number of rotatable bonds is 3. The molecule has 70 valence electrons. The fraction of sp³-hybridized carbons (Fsp3) is 0.889. The van der Waals surface area contributed by atoms with Crippen LogP contribution in [-0.2, 0) is 4.79 Å². The number of carbonyl (C=O) groups is 1. The first-order chi connectivity index (χ1) is 5.70. The molecule has 12 heavy (non-hydrogen) atoms. The lowest BCUT2D eigenvalue weighted by Crippen LogP contribution is -2.40. The summed E-state index contributed by atoms with van der Waals surface area (Å²) in [6, 6.07) is 0. The number of aliphatic hydroxyl groups is 1. The quantitative estimate of drug-likeness (QED) is 0.682. The topological polar surface area (TPSA) is 40.5 Å². The maximum absolute atomic E-state index is 10.7. The molecule has 1 aliphatic heterocycles. The molecule has 0 saturated carbocycles. The van der Waals surface area contributed by atoms with Gasteiger partial charge in [0.05, 0.1) is 0 Å². The molecule has 0 aromatic carbocycles. The molecule has 0 bridgehead atoms. The Kier molecular flexibility index (Phi) is 3.69. The zero-order valence-electron chi connectivity index (χ0n) is 7.62. The number of Topliss-reactive ketones (excluding diaryl/α,β-unsaturated/α-hetero) is 1. The van der Waals surface area contributed by atoms with Crippen molar-refractivity contribution in [2.45, 2.75) is 38.8 Å². The van der Waals surface area contributed by atoms with Crippen molar-refractivity contribution in [1.82, 2.24) is 4.90 Å². The van der Waals surface area contributed by atoms with Crippen LogP contribution in [0.25, 0.3) is 0 Å². The van der Waals surface area contributed by atoms with Gasteiger partial charge in [0.15, 0.2) is 0 Å². The third-order valence-corrected chi connectivity index (χ3v) is 2.28. The zero-order valence-corrected chi connectivity index (χ0v) is 7.62. The lowest BCUT2D eigenvalue weighted by molar-refractivity contribution is -0.122. The summed E-state index contributed by atoms with van der Waals surface area (Å²) >= 11 is 0. The van der Waals surface area contributed by atoms with Crippen molar-refractivity contribution in [3.8, 4) is 0 Å². The van der Waals surface area contributed by atoms with Gasteiger partial charge in [0, 0.05) is 19.5 Å². The van der Waals surface area contributed by atoms with Crippen LogP contribution in [0.4, 0.5) is 0 Å². The predicted molar refractivity (Wildman–Crippen MR) is 46.7 cm³/mol. The summed E-state index contributed by atoms with van der Waals surface area (Å²) in [7, 11) is 0. The Labute approximate surface area is 73.4 Å². The molecule has 1 unspecified atom stereocenters.